The second-order valence-corrected chi connectivity index (χ2v) is 5.73. The van der Waals surface area contributed by atoms with Gasteiger partial charge in [-0.1, -0.05) is 11.6 Å². The lowest BCUT2D eigenvalue weighted by Crippen LogP contribution is -2.48. The van der Waals surface area contributed by atoms with E-state index in [2.05, 4.69) is 12.2 Å². The molecule has 0 radical (unpaired) electrons. The first-order valence-corrected chi connectivity index (χ1v) is 7.20. The molecule has 0 aromatic rings. The minimum absolute atomic E-state index is 0.0764. The van der Waals surface area contributed by atoms with Gasteiger partial charge >= 0.3 is 0 Å². The lowest BCUT2D eigenvalue weighted by molar-refractivity contribution is -0.914. The number of oxime groups is 1. The third-order valence-electron chi connectivity index (χ3n) is 3.97. The molecule has 4 nitrogen and oxygen atoms in total. The monoisotopic (exact) mass is 255 g/mol. The predicted octanol–water partition coefficient (Wildman–Crippen LogP) is 2.60. The maximum absolute atomic E-state index is 11.1. The Morgan fingerprint density at radius 3 is 2.50 bits per heavy atom. The second kappa shape index (κ2) is 8.25. The fourth-order valence-electron chi connectivity index (χ4n) is 2.77. The van der Waals surface area contributed by atoms with Crippen LogP contribution in [0.25, 0.3) is 0 Å². The van der Waals surface area contributed by atoms with Crippen LogP contribution in [0.1, 0.15) is 51.4 Å². The zero-order chi connectivity index (χ0) is 13.3. The molecule has 0 spiro atoms. The van der Waals surface area contributed by atoms with Gasteiger partial charge in [0.05, 0.1) is 26.7 Å². The Hall–Kier alpha value is -0.900. The molecule has 104 valence electrons. The Balaban J connectivity index is 1.99. The van der Waals surface area contributed by atoms with Gasteiger partial charge in [-0.25, -0.2) is 0 Å². The maximum Gasteiger partial charge on any atom is 0.177 e. The highest BCUT2D eigenvalue weighted by Gasteiger charge is 2.23. The Kier molecular flexibility index (Phi) is 6.94. The Morgan fingerprint density at radius 1 is 1.17 bits per heavy atom. The minimum Gasteiger partial charge on any atom is -0.411 e. The van der Waals surface area contributed by atoms with Crippen LogP contribution >= 0.6 is 0 Å². The highest BCUT2D eigenvalue weighted by molar-refractivity contribution is 6.27. The van der Waals surface area contributed by atoms with Gasteiger partial charge in [-0.05, 0) is 38.5 Å². The Labute approximate surface area is 110 Å². The number of Topliss-reactive ketones (excluding diaryl/α,β-unsaturated/α-hetero) is 1. The molecule has 0 atom stereocenters. The standard InChI is InChI=1S/C14H26N2O2/c1-16(11-7-4-8-12-16)10-6-3-2-5-9-14(17)13-15-18/h13H,2-12H2,1H3/p+1. The normalized spacial score (nSPS) is 19.2. The number of carbonyl (C=O) groups is 1. The van der Waals surface area contributed by atoms with Crippen molar-refractivity contribution in [1.82, 2.24) is 0 Å². The third-order valence-corrected chi connectivity index (χ3v) is 3.97. The van der Waals surface area contributed by atoms with Crippen LogP contribution in [0, 0.1) is 0 Å². The molecular weight excluding hydrogens is 228 g/mol. The lowest BCUT2D eigenvalue weighted by atomic mass is 10.1. The molecule has 0 unspecified atom stereocenters. The van der Waals surface area contributed by atoms with Crippen LogP contribution in [-0.2, 0) is 4.79 Å². The van der Waals surface area contributed by atoms with Gasteiger partial charge in [0.1, 0.15) is 6.21 Å². The van der Waals surface area contributed by atoms with Crippen LogP contribution in [0.3, 0.4) is 0 Å². The van der Waals surface area contributed by atoms with Gasteiger partial charge in [0.25, 0.3) is 0 Å². The van der Waals surface area contributed by atoms with Crippen molar-refractivity contribution in [1.29, 1.82) is 0 Å². The zero-order valence-electron chi connectivity index (χ0n) is 11.6. The summed E-state index contributed by atoms with van der Waals surface area (Å²) >= 11 is 0. The van der Waals surface area contributed by atoms with E-state index in [1.54, 1.807) is 0 Å². The van der Waals surface area contributed by atoms with Crippen molar-refractivity contribution in [2.45, 2.75) is 51.4 Å². The summed E-state index contributed by atoms with van der Waals surface area (Å²) in [5, 5.41) is 10.9. The molecular formula is C14H27N2O2+. The molecule has 1 N–H and O–H groups in total. The first kappa shape index (κ1) is 15.2. The van der Waals surface area contributed by atoms with Crippen molar-refractivity contribution in [3.05, 3.63) is 0 Å². The fraction of sp³-hybridized carbons (Fsp3) is 0.857. The molecule has 0 bridgehead atoms. The molecule has 1 heterocycles. The van der Waals surface area contributed by atoms with Gasteiger partial charge in [-0.15, -0.1) is 0 Å². The van der Waals surface area contributed by atoms with E-state index in [0.717, 1.165) is 19.1 Å². The quantitative estimate of drug-likeness (QED) is 0.238. The van der Waals surface area contributed by atoms with Crippen molar-refractivity contribution in [2.75, 3.05) is 26.7 Å². The summed E-state index contributed by atoms with van der Waals surface area (Å²) < 4.78 is 1.25. The van der Waals surface area contributed by atoms with Gasteiger partial charge in [-0.2, -0.15) is 0 Å². The largest absolute Gasteiger partial charge is 0.411 e. The molecule has 1 rings (SSSR count). The molecule has 0 amide bonds. The molecule has 0 aromatic heterocycles. The summed E-state index contributed by atoms with van der Waals surface area (Å²) in [4.78, 5) is 11.1. The molecule has 1 fully saturated rings. The molecule has 0 aliphatic carbocycles. The molecule has 0 saturated carbocycles. The third kappa shape index (κ3) is 6.15. The number of quaternary nitrogens is 1. The summed E-state index contributed by atoms with van der Waals surface area (Å²) in [5.41, 5.74) is 0. The first-order chi connectivity index (χ1) is 8.66. The summed E-state index contributed by atoms with van der Waals surface area (Å²) in [6.07, 6.45) is 10.2. The molecule has 0 aromatic carbocycles. The van der Waals surface area contributed by atoms with Crippen molar-refractivity contribution in [2.24, 2.45) is 5.16 Å². The van der Waals surface area contributed by atoms with E-state index in [0.29, 0.717) is 6.42 Å². The Bertz CT molecular complexity index is 271. The van der Waals surface area contributed by atoms with E-state index >= 15 is 0 Å². The van der Waals surface area contributed by atoms with Crippen LogP contribution in [0.4, 0.5) is 0 Å². The summed E-state index contributed by atoms with van der Waals surface area (Å²) in [7, 11) is 2.38. The zero-order valence-corrected chi connectivity index (χ0v) is 11.6. The number of hydrogen-bond donors (Lipinski definition) is 1. The van der Waals surface area contributed by atoms with Crippen molar-refractivity contribution in [3.63, 3.8) is 0 Å². The molecule has 18 heavy (non-hydrogen) atoms. The van der Waals surface area contributed by atoms with Gasteiger partial charge in [0.2, 0.25) is 0 Å². The van der Waals surface area contributed by atoms with E-state index in [-0.39, 0.29) is 5.78 Å². The van der Waals surface area contributed by atoms with Gasteiger partial charge < -0.3 is 9.69 Å². The maximum atomic E-state index is 11.1. The number of ketones is 1. The van der Waals surface area contributed by atoms with E-state index in [1.807, 2.05) is 0 Å². The topological polar surface area (TPSA) is 49.7 Å². The van der Waals surface area contributed by atoms with Crippen molar-refractivity contribution in [3.8, 4) is 0 Å². The van der Waals surface area contributed by atoms with Crippen LogP contribution in [0.15, 0.2) is 5.16 Å². The minimum atomic E-state index is -0.0764. The van der Waals surface area contributed by atoms with Crippen LogP contribution in [-0.4, -0.2) is 48.4 Å². The predicted molar refractivity (Wildman–Crippen MR) is 73.0 cm³/mol. The van der Waals surface area contributed by atoms with Crippen molar-refractivity contribution >= 4 is 12.0 Å². The second-order valence-electron chi connectivity index (χ2n) is 5.73. The van der Waals surface area contributed by atoms with E-state index < -0.39 is 0 Å². The van der Waals surface area contributed by atoms with Crippen molar-refractivity contribution < 1.29 is 14.5 Å². The SMILES string of the molecule is C[N+]1(CCCCCCC(=O)C=NO)CCCCC1. The number of rotatable bonds is 8. The lowest BCUT2D eigenvalue weighted by Gasteiger charge is -2.37. The van der Waals surface area contributed by atoms with Crippen LogP contribution in [0.2, 0.25) is 0 Å². The Morgan fingerprint density at radius 2 is 1.83 bits per heavy atom. The van der Waals surface area contributed by atoms with Gasteiger partial charge in [0, 0.05) is 6.42 Å². The molecule has 4 heteroatoms. The number of unbranched alkanes of at least 4 members (excludes halogenated alkanes) is 3. The first-order valence-electron chi connectivity index (χ1n) is 7.20. The molecule has 1 aliphatic rings. The number of hydrogen-bond acceptors (Lipinski definition) is 3. The number of piperidine rings is 1. The highest BCUT2D eigenvalue weighted by atomic mass is 16.4. The average Bonchev–Trinajstić information content (AvgIpc) is 2.35. The fourth-order valence-corrected chi connectivity index (χ4v) is 2.77. The van der Waals surface area contributed by atoms with E-state index in [1.165, 1.54) is 56.2 Å². The number of likely N-dealkylation sites (tertiary alicyclic amines) is 1. The van der Waals surface area contributed by atoms with Crippen LogP contribution in [0.5, 0.6) is 0 Å². The molecule has 1 aliphatic heterocycles. The molecule has 1 saturated heterocycles. The number of nitrogens with zero attached hydrogens (tertiary/aromatic N) is 2. The van der Waals surface area contributed by atoms with E-state index in [4.69, 9.17) is 5.21 Å². The van der Waals surface area contributed by atoms with Crippen LogP contribution < -0.4 is 0 Å². The summed E-state index contributed by atoms with van der Waals surface area (Å²) in [5.74, 6) is -0.0764. The van der Waals surface area contributed by atoms with E-state index in [9.17, 15) is 4.79 Å². The van der Waals surface area contributed by atoms with Gasteiger partial charge in [0.15, 0.2) is 5.78 Å². The average molecular weight is 255 g/mol. The van der Waals surface area contributed by atoms with Gasteiger partial charge in [-0.3, -0.25) is 4.79 Å². The highest BCUT2D eigenvalue weighted by Crippen LogP contribution is 2.17. The number of carbonyl (C=O) groups excluding carboxylic acids is 1. The summed E-state index contributed by atoms with van der Waals surface area (Å²) in [6, 6.07) is 0. The smallest absolute Gasteiger partial charge is 0.177 e. The summed E-state index contributed by atoms with van der Waals surface area (Å²) in [6.45, 7) is 3.96.